The first-order valence-corrected chi connectivity index (χ1v) is 6.02. The fourth-order valence-corrected chi connectivity index (χ4v) is 2.29. The third-order valence-electron chi connectivity index (χ3n) is 3.48. The Morgan fingerprint density at radius 1 is 1.47 bits per heavy atom. The van der Waals surface area contributed by atoms with Crippen molar-refractivity contribution in [3.63, 3.8) is 0 Å². The van der Waals surface area contributed by atoms with Gasteiger partial charge in [0.1, 0.15) is 6.10 Å². The minimum atomic E-state index is -0.329. The van der Waals surface area contributed by atoms with E-state index >= 15 is 0 Å². The zero-order chi connectivity index (χ0) is 11.3. The summed E-state index contributed by atoms with van der Waals surface area (Å²) in [6, 6.07) is 0.369. The lowest BCUT2D eigenvalue weighted by molar-refractivity contribution is -0.131. The van der Waals surface area contributed by atoms with Crippen molar-refractivity contribution in [1.29, 1.82) is 0 Å². The van der Waals surface area contributed by atoms with Gasteiger partial charge in [0.05, 0.1) is 0 Å². The van der Waals surface area contributed by atoms with Crippen LogP contribution in [0.15, 0.2) is 0 Å². The maximum Gasteiger partial charge on any atom is 0.249 e. The monoisotopic (exact) mass is 213 g/mol. The Balaban J connectivity index is 2.44. The normalized spacial score (nSPS) is 28.5. The number of nitrogens with one attached hydrogen (secondary N) is 1. The summed E-state index contributed by atoms with van der Waals surface area (Å²) in [7, 11) is 1.57. The highest BCUT2D eigenvalue weighted by Crippen LogP contribution is 2.26. The maximum absolute atomic E-state index is 11.7. The molecule has 1 N–H and O–H groups in total. The van der Waals surface area contributed by atoms with Crippen molar-refractivity contribution in [3.8, 4) is 0 Å². The van der Waals surface area contributed by atoms with Gasteiger partial charge in [-0.3, -0.25) is 4.79 Å². The van der Waals surface area contributed by atoms with Crippen molar-refractivity contribution in [2.24, 2.45) is 5.92 Å². The molecule has 0 aliphatic heterocycles. The summed E-state index contributed by atoms with van der Waals surface area (Å²) >= 11 is 0. The minimum absolute atomic E-state index is 0.0304. The van der Waals surface area contributed by atoms with Gasteiger partial charge in [-0.15, -0.1) is 0 Å². The molecule has 0 spiro atoms. The van der Waals surface area contributed by atoms with Crippen molar-refractivity contribution in [2.45, 2.75) is 58.1 Å². The van der Waals surface area contributed by atoms with Crippen LogP contribution in [0, 0.1) is 5.92 Å². The fraction of sp³-hybridized carbons (Fsp3) is 0.917. The van der Waals surface area contributed by atoms with E-state index in [-0.39, 0.29) is 12.0 Å². The Morgan fingerprint density at radius 3 is 2.73 bits per heavy atom. The van der Waals surface area contributed by atoms with Gasteiger partial charge in [-0.05, 0) is 25.7 Å². The molecule has 0 heterocycles. The number of hydrogen-bond acceptors (Lipinski definition) is 2. The van der Waals surface area contributed by atoms with Crippen LogP contribution in [0.25, 0.3) is 0 Å². The summed E-state index contributed by atoms with van der Waals surface area (Å²) in [5.41, 5.74) is 0. The highest BCUT2D eigenvalue weighted by atomic mass is 16.5. The molecule has 0 bridgehead atoms. The summed E-state index contributed by atoms with van der Waals surface area (Å²) in [6.45, 7) is 3.99. The Labute approximate surface area is 92.6 Å². The topological polar surface area (TPSA) is 38.3 Å². The molecule has 1 aliphatic carbocycles. The molecule has 1 fully saturated rings. The van der Waals surface area contributed by atoms with E-state index in [0.29, 0.717) is 12.0 Å². The van der Waals surface area contributed by atoms with Crippen LogP contribution >= 0.6 is 0 Å². The van der Waals surface area contributed by atoms with E-state index in [1.807, 2.05) is 0 Å². The van der Waals surface area contributed by atoms with E-state index in [9.17, 15) is 4.79 Å². The van der Waals surface area contributed by atoms with Gasteiger partial charge in [0, 0.05) is 13.2 Å². The van der Waals surface area contributed by atoms with Crippen molar-refractivity contribution in [2.75, 3.05) is 7.11 Å². The molecule has 3 nitrogen and oxygen atoms in total. The van der Waals surface area contributed by atoms with Crippen LogP contribution in [0.4, 0.5) is 0 Å². The standard InChI is InChI=1S/C12H23NO2/c1-4-10-7-5-6-8-11(10)13-12(14)9(2)15-3/h9-11H,4-8H2,1-3H3,(H,13,14). The second kappa shape index (κ2) is 6.11. The predicted molar refractivity (Wildman–Crippen MR) is 60.7 cm³/mol. The van der Waals surface area contributed by atoms with E-state index in [1.54, 1.807) is 14.0 Å². The van der Waals surface area contributed by atoms with Gasteiger partial charge >= 0.3 is 0 Å². The van der Waals surface area contributed by atoms with Gasteiger partial charge in [0.2, 0.25) is 5.91 Å². The summed E-state index contributed by atoms with van der Waals surface area (Å²) < 4.78 is 5.01. The van der Waals surface area contributed by atoms with E-state index in [0.717, 1.165) is 12.8 Å². The van der Waals surface area contributed by atoms with Gasteiger partial charge in [-0.1, -0.05) is 26.2 Å². The number of rotatable bonds is 4. The summed E-state index contributed by atoms with van der Waals surface area (Å²) in [5.74, 6) is 0.689. The molecule has 0 aromatic heterocycles. The SMILES string of the molecule is CCC1CCCCC1NC(=O)C(C)OC. The molecule has 1 amide bonds. The predicted octanol–water partition coefficient (Wildman–Crippen LogP) is 2.11. The molecular formula is C12H23NO2. The summed E-state index contributed by atoms with van der Waals surface area (Å²) in [5, 5.41) is 3.11. The van der Waals surface area contributed by atoms with Gasteiger partial charge in [-0.2, -0.15) is 0 Å². The Hall–Kier alpha value is -0.570. The van der Waals surface area contributed by atoms with Crippen molar-refractivity contribution in [3.05, 3.63) is 0 Å². The smallest absolute Gasteiger partial charge is 0.249 e. The van der Waals surface area contributed by atoms with Crippen LogP contribution in [-0.2, 0) is 9.53 Å². The van der Waals surface area contributed by atoms with E-state index in [1.165, 1.54) is 19.3 Å². The second-order valence-electron chi connectivity index (χ2n) is 4.45. The lowest BCUT2D eigenvalue weighted by Gasteiger charge is -2.32. The summed E-state index contributed by atoms with van der Waals surface area (Å²) in [4.78, 5) is 11.7. The van der Waals surface area contributed by atoms with Crippen LogP contribution in [0.5, 0.6) is 0 Å². The fourth-order valence-electron chi connectivity index (χ4n) is 2.29. The average molecular weight is 213 g/mol. The van der Waals surface area contributed by atoms with E-state index in [2.05, 4.69) is 12.2 Å². The molecule has 3 heteroatoms. The quantitative estimate of drug-likeness (QED) is 0.776. The molecule has 15 heavy (non-hydrogen) atoms. The number of carbonyl (C=O) groups excluding carboxylic acids is 1. The van der Waals surface area contributed by atoms with Gasteiger partial charge in [-0.25, -0.2) is 0 Å². The zero-order valence-corrected chi connectivity index (χ0v) is 10.1. The Bertz CT molecular complexity index is 206. The molecule has 3 unspecified atom stereocenters. The molecule has 88 valence electrons. The lowest BCUT2D eigenvalue weighted by Crippen LogP contribution is -2.45. The first kappa shape index (κ1) is 12.5. The van der Waals surface area contributed by atoms with Gasteiger partial charge in [0.15, 0.2) is 0 Å². The number of methoxy groups -OCH3 is 1. The van der Waals surface area contributed by atoms with Crippen molar-refractivity contribution >= 4 is 5.91 Å². The number of ether oxygens (including phenoxy) is 1. The lowest BCUT2D eigenvalue weighted by atomic mass is 9.83. The van der Waals surface area contributed by atoms with Gasteiger partial charge in [0.25, 0.3) is 0 Å². The molecule has 0 saturated heterocycles. The van der Waals surface area contributed by atoms with Crippen LogP contribution < -0.4 is 5.32 Å². The Kier molecular flexibility index (Phi) is 5.09. The van der Waals surface area contributed by atoms with E-state index in [4.69, 9.17) is 4.74 Å². The number of amides is 1. The third-order valence-corrected chi connectivity index (χ3v) is 3.48. The first-order valence-electron chi connectivity index (χ1n) is 6.02. The van der Waals surface area contributed by atoms with Crippen molar-refractivity contribution < 1.29 is 9.53 Å². The van der Waals surface area contributed by atoms with Crippen LogP contribution in [-0.4, -0.2) is 25.2 Å². The first-order chi connectivity index (χ1) is 7.19. The number of hydrogen-bond donors (Lipinski definition) is 1. The maximum atomic E-state index is 11.7. The Morgan fingerprint density at radius 2 is 2.13 bits per heavy atom. The minimum Gasteiger partial charge on any atom is -0.372 e. The molecule has 0 aromatic carbocycles. The zero-order valence-electron chi connectivity index (χ0n) is 10.1. The average Bonchev–Trinajstić information content (AvgIpc) is 2.28. The molecule has 0 radical (unpaired) electrons. The highest BCUT2D eigenvalue weighted by molar-refractivity contribution is 5.80. The third kappa shape index (κ3) is 3.49. The van der Waals surface area contributed by atoms with Crippen LogP contribution in [0.2, 0.25) is 0 Å². The van der Waals surface area contributed by atoms with Crippen LogP contribution in [0.1, 0.15) is 46.0 Å². The molecule has 1 saturated carbocycles. The molecule has 1 rings (SSSR count). The van der Waals surface area contributed by atoms with E-state index < -0.39 is 0 Å². The van der Waals surface area contributed by atoms with Gasteiger partial charge < -0.3 is 10.1 Å². The number of carbonyl (C=O) groups is 1. The summed E-state index contributed by atoms with van der Waals surface area (Å²) in [6.07, 6.45) is 5.76. The molecule has 1 aliphatic rings. The second-order valence-corrected chi connectivity index (χ2v) is 4.45. The largest absolute Gasteiger partial charge is 0.372 e. The molecule has 0 aromatic rings. The van der Waals surface area contributed by atoms with Crippen molar-refractivity contribution in [1.82, 2.24) is 5.32 Å². The molecular weight excluding hydrogens is 190 g/mol. The van der Waals surface area contributed by atoms with Crippen LogP contribution in [0.3, 0.4) is 0 Å². The highest BCUT2D eigenvalue weighted by Gasteiger charge is 2.26. The molecule has 3 atom stereocenters.